The molecule has 4 nitrogen and oxygen atoms in total. The summed E-state index contributed by atoms with van der Waals surface area (Å²) in [4.78, 5) is 12.0. The van der Waals surface area contributed by atoms with Crippen molar-refractivity contribution in [2.75, 3.05) is 7.11 Å². The summed E-state index contributed by atoms with van der Waals surface area (Å²) in [6, 6.07) is 1.77. The van der Waals surface area contributed by atoms with Crippen LogP contribution in [0.1, 0.15) is 5.69 Å². The molecule has 6 heteroatoms. The lowest BCUT2D eigenvalue weighted by molar-refractivity contribution is 0.419. The van der Waals surface area contributed by atoms with Gasteiger partial charge in [0.15, 0.2) is 5.65 Å². The van der Waals surface area contributed by atoms with Gasteiger partial charge in [-0.05, 0) is 18.5 Å². The Hall–Kier alpha value is -1.13. The molecule has 0 saturated carbocycles. The molecular weight excluding hydrogens is 237 g/mol. The third-order valence-electron chi connectivity index (χ3n) is 1.91. The second-order valence-electron chi connectivity index (χ2n) is 2.95. The van der Waals surface area contributed by atoms with Crippen LogP contribution in [0.3, 0.4) is 0 Å². The quantitative estimate of drug-likeness (QED) is 0.571. The van der Waals surface area contributed by atoms with E-state index >= 15 is 0 Å². The van der Waals surface area contributed by atoms with Crippen LogP contribution in [0.5, 0.6) is 5.75 Å². The highest BCUT2D eigenvalue weighted by atomic mass is 35.5. The average molecular weight is 244 g/mol. The van der Waals surface area contributed by atoms with Crippen LogP contribution >= 0.6 is 23.2 Å². The molecule has 2 heterocycles. The van der Waals surface area contributed by atoms with Gasteiger partial charge < -0.3 is 4.74 Å². The fourth-order valence-electron chi connectivity index (χ4n) is 1.31. The monoisotopic (exact) mass is 243 g/mol. The average Bonchev–Trinajstić information content (AvgIpc) is 2.14. The number of ether oxygens (including phenoxy) is 1. The standard InChI is InChI=1S/C9H7Cl2N3O/c1-4-3-5(15-2)6-7(10)13-9(11)14-8(6)12-4/h3H,1-2H3. The number of hydrogen-bond acceptors (Lipinski definition) is 4. The van der Waals surface area contributed by atoms with Crippen molar-refractivity contribution in [1.82, 2.24) is 15.0 Å². The molecule has 0 aliphatic rings. The van der Waals surface area contributed by atoms with Crippen LogP contribution in [-0.2, 0) is 0 Å². The van der Waals surface area contributed by atoms with E-state index in [9.17, 15) is 0 Å². The first kappa shape index (κ1) is 10.4. The molecule has 15 heavy (non-hydrogen) atoms. The molecule has 0 aromatic carbocycles. The number of halogens is 2. The van der Waals surface area contributed by atoms with Gasteiger partial charge in [-0.3, -0.25) is 0 Å². The molecule has 2 aromatic rings. The number of hydrogen-bond donors (Lipinski definition) is 0. The number of nitrogens with zero attached hydrogens (tertiary/aromatic N) is 3. The Bertz CT molecular complexity index is 525. The molecule has 0 unspecified atom stereocenters. The van der Waals surface area contributed by atoms with Crippen LogP contribution in [0.25, 0.3) is 11.0 Å². The van der Waals surface area contributed by atoms with E-state index in [2.05, 4.69) is 15.0 Å². The van der Waals surface area contributed by atoms with Crippen molar-refractivity contribution in [1.29, 1.82) is 0 Å². The predicted octanol–water partition coefficient (Wildman–Crippen LogP) is 2.65. The summed E-state index contributed by atoms with van der Waals surface area (Å²) >= 11 is 11.6. The van der Waals surface area contributed by atoms with Crippen molar-refractivity contribution in [2.24, 2.45) is 0 Å². The molecule has 0 aliphatic heterocycles. The molecule has 0 fully saturated rings. The van der Waals surface area contributed by atoms with Crippen molar-refractivity contribution in [3.05, 3.63) is 22.2 Å². The van der Waals surface area contributed by atoms with Gasteiger partial charge in [-0.1, -0.05) is 11.6 Å². The van der Waals surface area contributed by atoms with Crippen LogP contribution in [0.2, 0.25) is 10.4 Å². The van der Waals surface area contributed by atoms with Crippen molar-refractivity contribution in [3.8, 4) is 5.75 Å². The van der Waals surface area contributed by atoms with E-state index < -0.39 is 0 Å². The number of aromatic nitrogens is 3. The number of rotatable bonds is 1. The van der Waals surface area contributed by atoms with Gasteiger partial charge >= 0.3 is 0 Å². The van der Waals surface area contributed by atoms with Gasteiger partial charge in [0.25, 0.3) is 0 Å². The molecule has 0 radical (unpaired) electrons. The van der Waals surface area contributed by atoms with Crippen LogP contribution in [0, 0.1) is 6.92 Å². The van der Waals surface area contributed by atoms with Gasteiger partial charge in [-0.15, -0.1) is 0 Å². The Morgan fingerprint density at radius 1 is 1.20 bits per heavy atom. The van der Waals surface area contributed by atoms with Gasteiger partial charge in [0.2, 0.25) is 5.28 Å². The first-order chi connectivity index (χ1) is 7.11. The largest absolute Gasteiger partial charge is 0.496 e. The maximum atomic E-state index is 5.94. The highest BCUT2D eigenvalue weighted by Crippen LogP contribution is 2.30. The summed E-state index contributed by atoms with van der Waals surface area (Å²) in [6.45, 7) is 1.84. The first-order valence-corrected chi connectivity index (χ1v) is 4.92. The Morgan fingerprint density at radius 2 is 1.93 bits per heavy atom. The maximum Gasteiger partial charge on any atom is 0.225 e. The zero-order valence-electron chi connectivity index (χ0n) is 8.08. The lowest BCUT2D eigenvalue weighted by Gasteiger charge is -2.06. The van der Waals surface area contributed by atoms with E-state index in [4.69, 9.17) is 27.9 Å². The minimum Gasteiger partial charge on any atom is -0.496 e. The van der Waals surface area contributed by atoms with Crippen LogP contribution in [-0.4, -0.2) is 22.1 Å². The number of aryl methyl sites for hydroxylation is 1. The van der Waals surface area contributed by atoms with Crippen molar-refractivity contribution >= 4 is 34.2 Å². The summed E-state index contributed by atoms with van der Waals surface area (Å²) in [5.41, 5.74) is 1.22. The SMILES string of the molecule is COc1cc(C)nc2nc(Cl)nc(Cl)c12. The van der Waals surface area contributed by atoms with Gasteiger partial charge in [0.1, 0.15) is 10.9 Å². The van der Waals surface area contributed by atoms with Gasteiger partial charge in [0, 0.05) is 11.8 Å². The topological polar surface area (TPSA) is 47.9 Å². The van der Waals surface area contributed by atoms with E-state index in [-0.39, 0.29) is 10.4 Å². The summed E-state index contributed by atoms with van der Waals surface area (Å²) in [7, 11) is 1.55. The fourth-order valence-corrected chi connectivity index (χ4v) is 1.78. The van der Waals surface area contributed by atoms with Crippen LogP contribution in [0.15, 0.2) is 6.07 Å². The van der Waals surface area contributed by atoms with Crippen molar-refractivity contribution in [3.63, 3.8) is 0 Å². The zero-order chi connectivity index (χ0) is 11.0. The maximum absolute atomic E-state index is 5.94. The molecule has 0 spiro atoms. The number of pyridine rings is 1. The summed E-state index contributed by atoms with van der Waals surface area (Å²) in [5.74, 6) is 0.596. The lowest BCUT2D eigenvalue weighted by Crippen LogP contribution is -1.95. The Balaban J connectivity index is 2.90. The van der Waals surface area contributed by atoms with Gasteiger partial charge in [0.05, 0.1) is 12.5 Å². The van der Waals surface area contributed by atoms with E-state index in [1.165, 1.54) is 0 Å². The zero-order valence-corrected chi connectivity index (χ0v) is 9.60. The fraction of sp³-hybridized carbons (Fsp3) is 0.222. The molecule has 2 aromatic heterocycles. The molecule has 2 rings (SSSR count). The minimum absolute atomic E-state index is 0.0765. The molecule has 0 bridgehead atoms. The minimum atomic E-state index is 0.0765. The highest BCUT2D eigenvalue weighted by molar-refractivity contribution is 6.36. The van der Waals surface area contributed by atoms with Crippen LogP contribution < -0.4 is 4.74 Å². The number of fused-ring (bicyclic) bond motifs is 1. The molecule has 78 valence electrons. The van der Waals surface area contributed by atoms with Crippen molar-refractivity contribution in [2.45, 2.75) is 6.92 Å². The summed E-state index contributed by atoms with van der Waals surface area (Å²) < 4.78 is 5.18. The number of methoxy groups -OCH3 is 1. The predicted molar refractivity (Wildman–Crippen MR) is 58.6 cm³/mol. The summed E-state index contributed by atoms with van der Waals surface area (Å²) in [5, 5.41) is 0.899. The van der Waals surface area contributed by atoms with E-state index in [1.807, 2.05) is 6.92 Å². The molecule has 0 N–H and O–H groups in total. The molecule has 0 aliphatic carbocycles. The normalized spacial score (nSPS) is 10.7. The van der Waals surface area contributed by atoms with Crippen molar-refractivity contribution < 1.29 is 4.74 Å². The first-order valence-electron chi connectivity index (χ1n) is 4.16. The second-order valence-corrected chi connectivity index (χ2v) is 3.64. The summed E-state index contributed by atoms with van der Waals surface area (Å²) in [6.07, 6.45) is 0. The molecular formula is C9H7Cl2N3O. The third-order valence-corrected chi connectivity index (χ3v) is 2.35. The molecule has 0 amide bonds. The Kier molecular flexibility index (Phi) is 2.63. The van der Waals surface area contributed by atoms with Gasteiger partial charge in [-0.25, -0.2) is 9.97 Å². The Morgan fingerprint density at radius 3 is 2.60 bits per heavy atom. The highest BCUT2D eigenvalue weighted by Gasteiger charge is 2.12. The Labute approximate surface area is 96.2 Å². The smallest absolute Gasteiger partial charge is 0.225 e. The molecule has 0 atom stereocenters. The third kappa shape index (κ3) is 1.82. The lowest BCUT2D eigenvalue weighted by atomic mass is 10.2. The van der Waals surface area contributed by atoms with E-state index in [0.29, 0.717) is 16.8 Å². The molecule has 0 saturated heterocycles. The van der Waals surface area contributed by atoms with Crippen LogP contribution in [0.4, 0.5) is 0 Å². The van der Waals surface area contributed by atoms with E-state index in [0.717, 1.165) is 5.69 Å². The second kappa shape index (κ2) is 3.79. The van der Waals surface area contributed by atoms with E-state index in [1.54, 1.807) is 13.2 Å². The van der Waals surface area contributed by atoms with Gasteiger partial charge in [-0.2, -0.15) is 4.98 Å².